The highest BCUT2D eigenvalue weighted by Gasteiger charge is 2.01. The van der Waals surface area contributed by atoms with Gasteiger partial charge in [-0.15, -0.1) is 0 Å². The quantitative estimate of drug-likeness (QED) is 0.764. The van der Waals surface area contributed by atoms with E-state index in [-0.39, 0.29) is 6.10 Å². The average molecular weight is 179 g/mol. The average Bonchev–Trinajstić information content (AvgIpc) is 2.03. The second-order valence-electron chi connectivity index (χ2n) is 3.66. The third-order valence-corrected chi connectivity index (χ3v) is 1.93. The molecule has 2 nitrogen and oxygen atoms in total. The Kier molecular flexibility index (Phi) is 3.46. The van der Waals surface area contributed by atoms with Crippen LogP contribution in [0, 0.1) is 0 Å². The Morgan fingerprint density at radius 3 is 2.62 bits per heavy atom. The van der Waals surface area contributed by atoms with Gasteiger partial charge in [-0.25, -0.2) is 0 Å². The van der Waals surface area contributed by atoms with Crippen molar-refractivity contribution >= 4 is 0 Å². The molecule has 1 atom stereocenters. The molecule has 0 aliphatic heterocycles. The Morgan fingerprint density at radius 2 is 2.08 bits per heavy atom. The van der Waals surface area contributed by atoms with Crippen molar-refractivity contribution < 1.29 is 5.11 Å². The summed E-state index contributed by atoms with van der Waals surface area (Å²) in [7, 11) is 4.07. The van der Waals surface area contributed by atoms with E-state index in [1.165, 1.54) is 5.56 Å². The van der Waals surface area contributed by atoms with Gasteiger partial charge in [0.25, 0.3) is 0 Å². The Hall–Kier alpha value is -0.860. The first-order valence-corrected chi connectivity index (χ1v) is 4.51. The molecule has 0 saturated carbocycles. The zero-order valence-corrected chi connectivity index (χ0v) is 8.49. The highest BCUT2D eigenvalue weighted by molar-refractivity contribution is 5.24. The number of benzene rings is 1. The second-order valence-corrected chi connectivity index (χ2v) is 3.66. The predicted molar refractivity (Wildman–Crippen MR) is 54.5 cm³/mol. The van der Waals surface area contributed by atoms with Crippen LogP contribution in [0.2, 0.25) is 0 Å². The lowest BCUT2D eigenvalue weighted by atomic mass is 10.1. The molecule has 13 heavy (non-hydrogen) atoms. The molecular weight excluding hydrogens is 162 g/mol. The van der Waals surface area contributed by atoms with E-state index >= 15 is 0 Å². The van der Waals surface area contributed by atoms with Crippen LogP contribution in [0.15, 0.2) is 24.3 Å². The topological polar surface area (TPSA) is 23.5 Å². The Bertz CT molecular complexity index is 269. The SMILES string of the molecule is CC(O)c1cccc(CN(C)C)c1. The van der Waals surface area contributed by atoms with E-state index in [1.807, 2.05) is 32.3 Å². The minimum absolute atomic E-state index is 0.373. The molecule has 1 aromatic rings. The van der Waals surface area contributed by atoms with Gasteiger partial charge in [-0.3, -0.25) is 0 Å². The van der Waals surface area contributed by atoms with Crippen LogP contribution in [0.3, 0.4) is 0 Å². The normalized spacial score (nSPS) is 13.3. The number of nitrogens with zero attached hydrogens (tertiary/aromatic N) is 1. The Labute approximate surface area is 79.8 Å². The summed E-state index contributed by atoms with van der Waals surface area (Å²) in [5.74, 6) is 0. The molecule has 0 spiro atoms. The molecule has 0 saturated heterocycles. The number of aliphatic hydroxyl groups excluding tert-OH is 1. The smallest absolute Gasteiger partial charge is 0.0762 e. The summed E-state index contributed by atoms with van der Waals surface area (Å²) in [5.41, 5.74) is 2.22. The fourth-order valence-electron chi connectivity index (χ4n) is 1.32. The largest absolute Gasteiger partial charge is 0.389 e. The van der Waals surface area contributed by atoms with Crippen molar-refractivity contribution in [2.75, 3.05) is 14.1 Å². The van der Waals surface area contributed by atoms with Crippen molar-refractivity contribution in [3.05, 3.63) is 35.4 Å². The van der Waals surface area contributed by atoms with Gasteiger partial charge in [0.2, 0.25) is 0 Å². The molecule has 0 bridgehead atoms. The molecule has 0 aromatic heterocycles. The molecule has 1 unspecified atom stereocenters. The number of aliphatic hydroxyl groups is 1. The van der Waals surface area contributed by atoms with Crippen LogP contribution < -0.4 is 0 Å². The van der Waals surface area contributed by atoms with Crippen LogP contribution in [-0.2, 0) is 6.54 Å². The van der Waals surface area contributed by atoms with Crippen molar-refractivity contribution in [3.63, 3.8) is 0 Å². The summed E-state index contributed by atoms with van der Waals surface area (Å²) in [5, 5.41) is 9.37. The van der Waals surface area contributed by atoms with Crippen LogP contribution in [0.4, 0.5) is 0 Å². The van der Waals surface area contributed by atoms with Gasteiger partial charge in [0.05, 0.1) is 6.10 Å². The van der Waals surface area contributed by atoms with Gasteiger partial charge in [0, 0.05) is 6.54 Å². The monoisotopic (exact) mass is 179 g/mol. The van der Waals surface area contributed by atoms with Crippen LogP contribution in [0.5, 0.6) is 0 Å². The fraction of sp³-hybridized carbons (Fsp3) is 0.455. The minimum atomic E-state index is -0.373. The minimum Gasteiger partial charge on any atom is -0.389 e. The lowest BCUT2D eigenvalue weighted by Crippen LogP contribution is -2.10. The van der Waals surface area contributed by atoms with Gasteiger partial charge in [0.1, 0.15) is 0 Å². The van der Waals surface area contributed by atoms with E-state index in [0.29, 0.717) is 0 Å². The highest BCUT2D eigenvalue weighted by atomic mass is 16.3. The summed E-state index contributed by atoms with van der Waals surface area (Å²) >= 11 is 0. The van der Waals surface area contributed by atoms with E-state index in [2.05, 4.69) is 11.0 Å². The molecule has 2 heteroatoms. The van der Waals surface area contributed by atoms with Crippen LogP contribution >= 0.6 is 0 Å². The number of rotatable bonds is 3. The van der Waals surface area contributed by atoms with Gasteiger partial charge >= 0.3 is 0 Å². The van der Waals surface area contributed by atoms with E-state index in [4.69, 9.17) is 0 Å². The zero-order chi connectivity index (χ0) is 9.84. The molecular formula is C11H17NO. The van der Waals surface area contributed by atoms with E-state index in [0.717, 1.165) is 12.1 Å². The summed E-state index contributed by atoms with van der Waals surface area (Å²) in [6.45, 7) is 2.70. The van der Waals surface area contributed by atoms with E-state index < -0.39 is 0 Å². The van der Waals surface area contributed by atoms with Crippen LogP contribution in [0.1, 0.15) is 24.2 Å². The third-order valence-electron chi connectivity index (χ3n) is 1.93. The van der Waals surface area contributed by atoms with Crippen molar-refractivity contribution in [2.45, 2.75) is 19.6 Å². The molecule has 1 N–H and O–H groups in total. The van der Waals surface area contributed by atoms with E-state index in [1.54, 1.807) is 6.92 Å². The maximum Gasteiger partial charge on any atom is 0.0762 e. The molecule has 0 radical (unpaired) electrons. The highest BCUT2D eigenvalue weighted by Crippen LogP contribution is 2.14. The predicted octanol–water partition coefficient (Wildman–Crippen LogP) is 1.80. The molecule has 72 valence electrons. The van der Waals surface area contributed by atoms with Crippen LogP contribution in [0.25, 0.3) is 0 Å². The van der Waals surface area contributed by atoms with Crippen LogP contribution in [-0.4, -0.2) is 24.1 Å². The van der Waals surface area contributed by atoms with Crippen molar-refractivity contribution in [1.29, 1.82) is 0 Å². The first kappa shape index (κ1) is 10.2. The summed E-state index contributed by atoms with van der Waals surface area (Å²) in [6, 6.07) is 8.06. The molecule has 0 aliphatic carbocycles. The standard InChI is InChI=1S/C11H17NO/c1-9(13)11-6-4-5-10(7-11)8-12(2)3/h4-7,9,13H,8H2,1-3H3. The summed E-state index contributed by atoms with van der Waals surface area (Å²) in [6.07, 6.45) is -0.373. The van der Waals surface area contributed by atoms with Gasteiger partial charge < -0.3 is 10.0 Å². The summed E-state index contributed by atoms with van der Waals surface area (Å²) in [4.78, 5) is 2.11. The van der Waals surface area contributed by atoms with Gasteiger partial charge in [0.15, 0.2) is 0 Å². The molecule has 0 fully saturated rings. The molecule has 0 aliphatic rings. The molecule has 0 amide bonds. The zero-order valence-electron chi connectivity index (χ0n) is 8.49. The Morgan fingerprint density at radius 1 is 1.38 bits per heavy atom. The van der Waals surface area contributed by atoms with Gasteiger partial charge in [-0.2, -0.15) is 0 Å². The van der Waals surface area contributed by atoms with Crippen molar-refractivity contribution in [2.24, 2.45) is 0 Å². The van der Waals surface area contributed by atoms with Gasteiger partial charge in [-0.05, 0) is 32.1 Å². The Balaban J connectivity index is 2.79. The fourth-order valence-corrected chi connectivity index (χ4v) is 1.32. The summed E-state index contributed by atoms with van der Waals surface area (Å²) < 4.78 is 0. The molecule has 0 heterocycles. The maximum atomic E-state index is 9.37. The molecule has 1 rings (SSSR count). The lowest BCUT2D eigenvalue weighted by molar-refractivity contribution is 0.199. The van der Waals surface area contributed by atoms with E-state index in [9.17, 15) is 5.11 Å². The first-order valence-electron chi connectivity index (χ1n) is 4.51. The number of hydrogen-bond acceptors (Lipinski definition) is 2. The first-order chi connectivity index (χ1) is 6.09. The third kappa shape index (κ3) is 3.17. The lowest BCUT2D eigenvalue weighted by Gasteiger charge is -2.11. The van der Waals surface area contributed by atoms with Crippen molar-refractivity contribution in [1.82, 2.24) is 4.90 Å². The van der Waals surface area contributed by atoms with Crippen molar-refractivity contribution in [3.8, 4) is 0 Å². The van der Waals surface area contributed by atoms with Gasteiger partial charge in [-0.1, -0.05) is 24.3 Å². The number of hydrogen-bond donors (Lipinski definition) is 1. The second kappa shape index (κ2) is 4.40. The maximum absolute atomic E-state index is 9.37. The molecule has 1 aromatic carbocycles.